The zero-order valence-electron chi connectivity index (χ0n) is 9.48. The fourth-order valence-electron chi connectivity index (χ4n) is 1.74. The lowest BCUT2D eigenvalue weighted by atomic mass is 10.0. The molecule has 0 unspecified atom stereocenters. The lowest BCUT2D eigenvalue weighted by Crippen LogP contribution is -1.82. The second kappa shape index (κ2) is 5.22. The number of rotatable bonds is 3. The number of hydrogen-bond acceptors (Lipinski definition) is 1. The van der Waals surface area contributed by atoms with E-state index >= 15 is 0 Å². The fraction of sp³-hybridized carbons (Fsp3) is 0.200. The van der Waals surface area contributed by atoms with Gasteiger partial charge in [0.1, 0.15) is 0 Å². The Hall–Kier alpha value is -1.21. The highest BCUT2D eigenvalue weighted by Crippen LogP contribution is 2.20. The summed E-state index contributed by atoms with van der Waals surface area (Å²) >= 11 is 4.26. The van der Waals surface area contributed by atoms with Crippen LogP contribution in [0.3, 0.4) is 0 Å². The van der Waals surface area contributed by atoms with E-state index in [4.69, 9.17) is 0 Å². The van der Waals surface area contributed by atoms with Crippen molar-refractivity contribution in [3.63, 3.8) is 0 Å². The number of thiol groups is 1. The second-order valence-corrected chi connectivity index (χ2v) is 4.22. The Balaban J connectivity index is 2.28. The van der Waals surface area contributed by atoms with Crippen LogP contribution in [0.4, 0.5) is 0 Å². The van der Waals surface area contributed by atoms with E-state index in [-0.39, 0.29) is 0 Å². The van der Waals surface area contributed by atoms with E-state index in [2.05, 4.69) is 68.1 Å². The van der Waals surface area contributed by atoms with Gasteiger partial charge >= 0.3 is 0 Å². The molecule has 0 aliphatic rings. The van der Waals surface area contributed by atoms with Crippen LogP contribution in [0.1, 0.15) is 18.1 Å². The van der Waals surface area contributed by atoms with Crippen LogP contribution in [-0.2, 0) is 12.2 Å². The normalized spacial score (nSPS) is 10.4. The maximum absolute atomic E-state index is 4.26. The highest BCUT2D eigenvalue weighted by Gasteiger charge is 1.97. The van der Waals surface area contributed by atoms with Gasteiger partial charge in [0.2, 0.25) is 0 Å². The SMILES string of the molecule is CCc1ccc(-c2ccc(CS)cc2)cc1. The number of hydrogen-bond donors (Lipinski definition) is 1. The molecule has 0 spiro atoms. The fourth-order valence-corrected chi connectivity index (χ4v) is 1.95. The third-order valence-electron chi connectivity index (χ3n) is 2.83. The van der Waals surface area contributed by atoms with Gasteiger partial charge in [0.25, 0.3) is 0 Å². The van der Waals surface area contributed by atoms with Gasteiger partial charge in [0.15, 0.2) is 0 Å². The summed E-state index contributed by atoms with van der Waals surface area (Å²) in [6, 6.07) is 17.4. The van der Waals surface area contributed by atoms with Gasteiger partial charge < -0.3 is 0 Å². The first kappa shape index (κ1) is 11.3. The van der Waals surface area contributed by atoms with Gasteiger partial charge in [0.05, 0.1) is 0 Å². The molecular formula is C15H16S. The third-order valence-corrected chi connectivity index (χ3v) is 3.20. The molecule has 0 saturated heterocycles. The van der Waals surface area contributed by atoms with E-state index < -0.39 is 0 Å². The predicted molar refractivity (Wildman–Crippen MR) is 73.9 cm³/mol. The minimum absolute atomic E-state index is 0.801. The topological polar surface area (TPSA) is 0 Å². The van der Waals surface area contributed by atoms with Gasteiger partial charge in [-0.15, -0.1) is 0 Å². The van der Waals surface area contributed by atoms with Crippen molar-refractivity contribution in [2.45, 2.75) is 19.1 Å². The van der Waals surface area contributed by atoms with E-state index in [0.29, 0.717) is 0 Å². The van der Waals surface area contributed by atoms with Crippen molar-refractivity contribution in [3.8, 4) is 11.1 Å². The van der Waals surface area contributed by atoms with Gasteiger partial charge in [-0.1, -0.05) is 55.5 Å². The molecule has 0 saturated carbocycles. The van der Waals surface area contributed by atoms with E-state index in [1.807, 2.05) is 0 Å². The second-order valence-electron chi connectivity index (χ2n) is 3.91. The van der Waals surface area contributed by atoms with Crippen LogP contribution >= 0.6 is 12.6 Å². The van der Waals surface area contributed by atoms with Crippen LogP contribution in [0.15, 0.2) is 48.5 Å². The molecule has 0 aliphatic heterocycles. The molecule has 0 nitrogen and oxygen atoms in total. The number of benzene rings is 2. The Morgan fingerprint density at radius 3 is 1.56 bits per heavy atom. The van der Waals surface area contributed by atoms with Crippen LogP contribution in [0.5, 0.6) is 0 Å². The average Bonchev–Trinajstić information content (AvgIpc) is 2.39. The van der Waals surface area contributed by atoms with Crippen molar-refractivity contribution in [2.24, 2.45) is 0 Å². The van der Waals surface area contributed by atoms with E-state index in [1.165, 1.54) is 22.3 Å². The van der Waals surface area contributed by atoms with Crippen molar-refractivity contribution in [2.75, 3.05) is 0 Å². The summed E-state index contributed by atoms with van der Waals surface area (Å²) in [7, 11) is 0. The van der Waals surface area contributed by atoms with Crippen molar-refractivity contribution >= 4 is 12.6 Å². The first-order chi connectivity index (χ1) is 7.83. The molecular weight excluding hydrogens is 212 g/mol. The molecule has 0 amide bonds. The van der Waals surface area contributed by atoms with Crippen LogP contribution in [0.2, 0.25) is 0 Å². The maximum atomic E-state index is 4.26. The zero-order chi connectivity index (χ0) is 11.4. The molecule has 0 bridgehead atoms. The quantitative estimate of drug-likeness (QED) is 0.742. The van der Waals surface area contributed by atoms with Crippen molar-refractivity contribution in [1.29, 1.82) is 0 Å². The molecule has 0 aliphatic carbocycles. The third kappa shape index (κ3) is 2.48. The molecule has 0 radical (unpaired) electrons. The van der Waals surface area contributed by atoms with E-state index in [9.17, 15) is 0 Å². The highest BCUT2D eigenvalue weighted by atomic mass is 32.1. The molecule has 2 aromatic carbocycles. The maximum Gasteiger partial charge on any atom is 0.0154 e. The number of aryl methyl sites for hydroxylation is 1. The summed E-state index contributed by atoms with van der Waals surface area (Å²) in [5.74, 6) is 0.801. The van der Waals surface area contributed by atoms with Gasteiger partial charge in [0, 0.05) is 5.75 Å². The van der Waals surface area contributed by atoms with Gasteiger partial charge in [-0.25, -0.2) is 0 Å². The average molecular weight is 228 g/mol. The molecule has 0 atom stereocenters. The monoisotopic (exact) mass is 228 g/mol. The minimum Gasteiger partial charge on any atom is -0.175 e. The summed E-state index contributed by atoms with van der Waals surface area (Å²) in [6.45, 7) is 2.18. The smallest absolute Gasteiger partial charge is 0.0154 e. The Morgan fingerprint density at radius 2 is 1.19 bits per heavy atom. The van der Waals surface area contributed by atoms with Crippen LogP contribution in [0.25, 0.3) is 11.1 Å². The van der Waals surface area contributed by atoms with E-state index in [0.717, 1.165) is 12.2 Å². The van der Waals surface area contributed by atoms with Gasteiger partial charge in [-0.05, 0) is 28.7 Å². The van der Waals surface area contributed by atoms with Crippen LogP contribution in [0, 0.1) is 0 Å². The minimum atomic E-state index is 0.801. The summed E-state index contributed by atoms with van der Waals surface area (Å²) in [6.07, 6.45) is 1.10. The summed E-state index contributed by atoms with van der Waals surface area (Å²) in [5, 5.41) is 0. The molecule has 16 heavy (non-hydrogen) atoms. The first-order valence-electron chi connectivity index (χ1n) is 5.62. The lowest BCUT2D eigenvalue weighted by molar-refractivity contribution is 1.14. The Kier molecular flexibility index (Phi) is 3.68. The van der Waals surface area contributed by atoms with Crippen molar-refractivity contribution in [1.82, 2.24) is 0 Å². The highest BCUT2D eigenvalue weighted by molar-refractivity contribution is 7.79. The standard InChI is InChI=1S/C15H16S/c1-2-12-3-7-14(8-4-12)15-9-5-13(11-16)6-10-15/h3-10,16H,2,11H2,1H3. The van der Waals surface area contributed by atoms with Crippen molar-refractivity contribution < 1.29 is 0 Å². The molecule has 0 N–H and O–H groups in total. The Labute approximate surface area is 103 Å². The Morgan fingerprint density at radius 1 is 0.750 bits per heavy atom. The van der Waals surface area contributed by atoms with Gasteiger partial charge in [-0.2, -0.15) is 12.6 Å². The van der Waals surface area contributed by atoms with Crippen LogP contribution in [-0.4, -0.2) is 0 Å². The molecule has 0 fully saturated rings. The summed E-state index contributed by atoms with van der Waals surface area (Å²) < 4.78 is 0. The first-order valence-corrected chi connectivity index (χ1v) is 6.26. The largest absolute Gasteiger partial charge is 0.175 e. The predicted octanol–water partition coefficient (Wildman–Crippen LogP) is 4.35. The molecule has 0 aromatic heterocycles. The van der Waals surface area contributed by atoms with Gasteiger partial charge in [-0.3, -0.25) is 0 Å². The zero-order valence-corrected chi connectivity index (χ0v) is 10.4. The summed E-state index contributed by atoms with van der Waals surface area (Å²) in [5.41, 5.74) is 5.20. The molecule has 2 rings (SSSR count). The summed E-state index contributed by atoms with van der Waals surface area (Å²) in [4.78, 5) is 0. The molecule has 82 valence electrons. The molecule has 0 heterocycles. The molecule has 1 heteroatoms. The lowest BCUT2D eigenvalue weighted by Gasteiger charge is -2.04. The van der Waals surface area contributed by atoms with Crippen LogP contribution < -0.4 is 0 Å². The van der Waals surface area contributed by atoms with E-state index in [1.54, 1.807) is 0 Å². The molecule has 2 aromatic rings. The van der Waals surface area contributed by atoms with Crippen molar-refractivity contribution in [3.05, 3.63) is 59.7 Å². The Bertz CT molecular complexity index is 394.